The van der Waals surface area contributed by atoms with Crippen molar-refractivity contribution in [2.75, 3.05) is 10.8 Å². The molecule has 4 aromatic rings. The first-order valence-electron chi connectivity index (χ1n) is 11.5. The molecule has 0 spiro atoms. The van der Waals surface area contributed by atoms with Gasteiger partial charge in [0.2, 0.25) is 0 Å². The molecule has 1 aliphatic heterocycles. The number of aryl methyl sites for hydroxylation is 1. The predicted molar refractivity (Wildman–Crippen MR) is 135 cm³/mol. The van der Waals surface area contributed by atoms with E-state index in [2.05, 4.69) is 43.1 Å². The molecule has 1 aliphatic rings. The van der Waals surface area contributed by atoms with Crippen molar-refractivity contribution < 1.29 is 8.42 Å². The van der Waals surface area contributed by atoms with Crippen molar-refractivity contribution >= 4 is 15.8 Å². The van der Waals surface area contributed by atoms with Crippen LogP contribution in [-0.4, -0.2) is 29.7 Å². The van der Waals surface area contributed by atoms with Crippen molar-refractivity contribution in [2.24, 2.45) is 0 Å². The largest absolute Gasteiger partial charge is 0.265 e. The Labute approximate surface area is 200 Å². The molecule has 0 amide bonds. The summed E-state index contributed by atoms with van der Waals surface area (Å²) in [5, 5.41) is 4.95. The summed E-state index contributed by atoms with van der Waals surface area (Å²) in [4.78, 5) is 4.77. The van der Waals surface area contributed by atoms with Crippen LogP contribution in [0.4, 0.5) is 5.82 Å². The first-order chi connectivity index (χ1) is 16.3. The summed E-state index contributed by atoms with van der Waals surface area (Å²) in [6.07, 6.45) is 2.18. The van der Waals surface area contributed by atoms with Crippen molar-refractivity contribution in [1.29, 1.82) is 0 Å². The third-order valence-corrected chi connectivity index (χ3v) is 8.30. The predicted octanol–water partition coefficient (Wildman–Crippen LogP) is 5.43. The molecule has 0 radical (unpaired) electrons. The van der Waals surface area contributed by atoms with Crippen LogP contribution in [0.3, 0.4) is 0 Å². The summed E-state index contributed by atoms with van der Waals surface area (Å²) >= 11 is 0. The lowest BCUT2D eigenvalue weighted by atomic mass is 10.0. The lowest BCUT2D eigenvalue weighted by molar-refractivity contribution is 0.590. The van der Waals surface area contributed by atoms with Crippen LogP contribution in [0.5, 0.6) is 0 Å². The topological polar surface area (TPSA) is 68.1 Å². The molecule has 5 rings (SSSR count). The maximum atomic E-state index is 13.6. The van der Waals surface area contributed by atoms with Crippen LogP contribution in [0.2, 0.25) is 0 Å². The van der Waals surface area contributed by atoms with Crippen molar-refractivity contribution in [2.45, 2.75) is 44.9 Å². The zero-order valence-corrected chi connectivity index (χ0v) is 20.7. The van der Waals surface area contributed by atoms with E-state index in [-0.39, 0.29) is 4.90 Å². The van der Waals surface area contributed by atoms with Crippen LogP contribution >= 0.6 is 0 Å². The molecule has 0 fully saturated rings. The van der Waals surface area contributed by atoms with Gasteiger partial charge in [-0.3, -0.25) is 0 Å². The highest BCUT2D eigenvalue weighted by Crippen LogP contribution is 2.38. The first-order valence-corrected chi connectivity index (χ1v) is 12.9. The average Bonchev–Trinajstić information content (AvgIpc) is 3.05. The van der Waals surface area contributed by atoms with Crippen molar-refractivity contribution in [3.63, 3.8) is 0 Å². The Hall–Kier alpha value is -3.45. The van der Waals surface area contributed by atoms with Crippen molar-refractivity contribution in [1.82, 2.24) is 14.8 Å². The van der Waals surface area contributed by atoms with Gasteiger partial charge in [-0.25, -0.2) is 22.4 Å². The number of sulfonamides is 1. The van der Waals surface area contributed by atoms with Gasteiger partial charge >= 0.3 is 0 Å². The van der Waals surface area contributed by atoms with Gasteiger partial charge in [-0.1, -0.05) is 43.7 Å². The Morgan fingerprint density at radius 3 is 2.32 bits per heavy atom. The lowest BCUT2D eigenvalue weighted by Crippen LogP contribution is -2.33. The minimum atomic E-state index is -3.76. The SMILES string of the molecule is Cc1ccc(S(=O)(=O)N2CCc3c(nn(-c4ccc(C(C)C)cc4)c3C)-c3cccnc32)cc1. The molecule has 34 heavy (non-hydrogen) atoms. The van der Waals surface area contributed by atoms with Gasteiger partial charge in [0.15, 0.2) is 5.82 Å². The third kappa shape index (κ3) is 3.70. The molecule has 0 aliphatic carbocycles. The molecule has 0 saturated heterocycles. The minimum Gasteiger partial charge on any atom is -0.249 e. The number of aromatic nitrogens is 3. The molecule has 174 valence electrons. The van der Waals surface area contributed by atoms with E-state index in [9.17, 15) is 8.42 Å². The zero-order chi connectivity index (χ0) is 24.0. The number of anilines is 1. The molecule has 0 atom stereocenters. The molecule has 0 bridgehead atoms. The normalized spacial score (nSPS) is 13.5. The van der Waals surface area contributed by atoms with Crippen molar-refractivity contribution in [3.8, 4) is 16.9 Å². The highest BCUT2D eigenvalue weighted by Gasteiger charge is 2.33. The maximum absolute atomic E-state index is 13.6. The van der Waals surface area contributed by atoms with Gasteiger partial charge in [0, 0.05) is 29.6 Å². The summed E-state index contributed by atoms with van der Waals surface area (Å²) in [5.41, 5.74) is 6.85. The maximum Gasteiger partial charge on any atom is 0.265 e. The van der Waals surface area contributed by atoms with E-state index in [1.54, 1.807) is 18.3 Å². The Kier molecular flexibility index (Phi) is 5.52. The highest BCUT2D eigenvalue weighted by molar-refractivity contribution is 7.92. The molecule has 3 heterocycles. The van der Waals surface area contributed by atoms with Gasteiger partial charge in [0.1, 0.15) is 5.69 Å². The Balaban J connectivity index is 1.61. The van der Waals surface area contributed by atoms with E-state index in [4.69, 9.17) is 5.10 Å². The third-order valence-electron chi connectivity index (χ3n) is 6.50. The van der Waals surface area contributed by atoms with Crippen LogP contribution in [0.15, 0.2) is 71.8 Å². The smallest absolute Gasteiger partial charge is 0.249 e. The van der Waals surface area contributed by atoms with Crippen LogP contribution in [0.1, 0.15) is 42.1 Å². The minimum absolute atomic E-state index is 0.265. The van der Waals surface area contributed by atoms with Gasteiger partial charge < -0.3 is 0 Å². The fourth-order valence-electron chi connectivity index (χ4n) is 4.47. The van der Waals surface area contributed by atoms with Crippen LogP contribution in [0, 0.1) is 13.8 Å². The quantitative estimate of drug-likeness (QED) is 0.397. The van der Waals surface area contributed by atoms with Crippen molar-refractivity contribution in [3.05, 3.63) is 89.2 Å². The molecule has 7 heteroatoms. The van der Waals surface area contributed by atoms with Crippen LogP contribution in [-0.2, 0) is 16.4 Å². The molecule has 0 N–H and O–H groups in total. The van der Waals surface area contributed by atoms with Crippen LogP contribution in [0.25, 0.3) is 16.9 Å². The molecule has 0 saturated carbocycles. The van der Waals surface area contributed by atoms with Crippen LogP contribution < -0.4 is 4.31 Å². The highest BCUT2D eigenvalue weighted by atomic mass is 32.2. The van der Waals surface area contributed by atoms with E-state index in [0.29, 0.717) is 24.7 Å². The number of hydrogen-bond donors (Lipinski definition) is 0. The van der Waals surface area contributed by atoms with E-state index in [1.165, 1.54) is 9.87 Å². The second-order valence-electron chi connectivity index (χ2n) is 9.09. The first kappa shape index (κ1) is 22.3. The van der Waals surface area contributed by atoms with Gasteiger partial charge in [-0.2, -0.15) is 5.10 Å². The van der Waals surface area contributed by atoms with Gasteiger partial charge in [-0.05, 0) is 68.1 Å². The second-order valence-corrected chi connectivity index (χ2v) is 10.9. The number of hydrogen-bond acceptors (Lipinski definition) is 4. The summed E-state index contributed by atoms with van der Waals surface area (Å²) in [5.74, 6) is 0.880. The van der Waals surface area contributed by atoms with Gasteiger partial charge in [-0.15, -0.1) is 0 Å². The molecular formula is C27H28N4O2S. The monoisotopic (exact) mass is 472 g/mol. The summed E-state index contributed by atoms with van der Waals surface area (Å²) in [6, 6.07) is 19.1. The number of benzene rings is 2. The molecular weight excluding hydrogens is 444 g/mol. The number of rotatable bonds is 4. The number of pyridine rings is 1. The molecule has 0 unspecified atom stereocenters. The van der Waals surface area contributed by atoms with E-state index in [0.717, 1.165) is 33.8 Å². The summed E-state index contributed by atoms with van der Waals surface area (Å²) in [7, 11) is -3.76. The molecule has 2 aromatic carbocycles. The van der Waals surface area contributed by atoms with E-state index < -0.39 is 10.0 Å². The second kappa shape index (κ2) is 8.40. The van der Waals surface area contributed by atoms with E-state index >= 15 is 0 Å². The van der Waals surface area contributed by atoms with Gasteiger partial charge in [0.25, 0.3) is 10.0 Å². The zero-order valence-electron chi connectivity index (χ0n) is 19.9. The van der Waals surface area contributed by atoms with E-state index in [1.807, 2.05) is 42.8 Å². The Bertz CT molecular complexity index is 1450. The molecule has 2 aromatic heterocycles. The average molecular weight is 473 g/mol. The summed E-state index contributed by atoms with van der Waals surface area (Å²) < 4.78 is 30.6. The molecule has 6 nitrogen and oxygen atoms in total. The fraction of sp³-hybridized carbons (Fsp3) is 0.259. The van der Waals surface area contributed by atoms with Gasteiger partial charge in [0.05, 0.1) is 10.6 Å². The summed E-state index contributed by atoms with van der Waals surface area (Å²) in [6.45, 7) is 8.64. The standard InChI is InChI=1S/C27H28N4O2S/c1-18(2)21-9-11-22(12-10-21)31-20(4)24-15-17-30(27-25(26(24)29-31)6-5-16-28-27)34(32,33)23-13-7-19(3)8-14-23/h5-14,16,18H,15,17H2,1-4H3. The Morgan fingerprint density at radius 1 is 0.941 bits per heavy atom. The number of nitrogens with zero attached hydrogens (tertiary/aromatic N) is 4. The number of fused-ring (bicyclic) bond motifs is 3. The Morgan fingerprint density at radius 2 is 1.65 bits per heavy atom. The lowest BCUT2D eigenvalue weighted by Gasteiger charge is -2.23. The fourth-order valence-corrected chi connectivity index (χ4v) is 5.91.